The van der Waals surface area contributed by atoms with E-state index in [9.17, 15) is 4.79 Å². The maximum absolute atomic E-state index is 12.3. The minimum absolute atomic E-state index is 0.0180. The Bertz CT molecular complexity index is 765. The number of ether oxygens (including phenoxy) is 1. The Kier molecular flexibility index (Phi) is 6.24. The molecule has 0 spiro atoms. The molecule has 1 atom stereocenters. The van der Waals surface area contributed by atoms with E-state index in [2.05, 4.69) is 44.3 Å². The van der Waals surface area contributed by atoms with Crippen LogP contribution in [0.2, 0.25) is 0 Å². The van der Waals surface area contributed by atoms with E-state index in [4.69, 9.17) is 4.74 Å². The molecule has 0 bridgehead atoms. The summed E-state index contributed by atoms with van der Waals surface area (Å²) in [6.45, 7) is 10.4. The zero-order valence-electron chi connectivity index (χ0n) is 16.2. The van der Waals surface area contributed by atoms with Crippen LogP contribution in [0.15, 0.2) is 30.3 Å². The van der Waals surface area contributed by atoms with Crippen LogP contribution in [-0.2, 0) is 11.2 Å². The van der Waals surface area contributed by atoms with Gasteiger partial charge in [-0.3, -0.25) is 4.79 Å². The Morgan fingerprint density at radius 3 is 2.32 bits per heavy atom. The molecular formula is C22H29NO2. The van der Waals surface area contributed by atoms with Crippen molar-refractivity contribution in [3.05, 3.63) is 63.7 Å². The number of aryl methyl sites for hydroxylation is 5. The summed E-state index contributed by atoms with van der Waals surface area (Å²) in [5, 5.41) is 3.13. The lowest BCUT2D eigenvalue weighted by Gasteiger charge is -2.18. The molecule has 1 amide bonds. The van der Waals surface area contributed by atoms with Crippen LogP contribution in [0.3, 0.4) is 0 Å². The molecule has 2 aromatic carbocycles. The predicted octanol–water partition coefficient (Wildman–Crippen LogP) is 4.74. The summed E-state index contributed by atoms with van der Waals surface area (Å²) in [7, 11) is 1.67. The second kappa shape index (κ2) is 8.19. The van der Waals surface area contributed by atoms with Crippen LogP contribution in [0.1, 0.15) is 52.8 Å². The summed E-state index contributed by atoms with van der Waals surface area (Å²) in [6, 6.07) is 10.5. The lowest BCUT2D eigenvalue weighted by atomic mass is 9.96. The molecule has 25 heavy (non-hydrogen) atoms. The quantitative estimate of drug-likeness (QED) is 0.825. The fourth-order valence-electron chi connectivity index (χ4n) is 3.19. The Morgan fingerprint density at radius 2 is 1.68 bits per heavy atom. The Balaban J connectivity index is 1.96. The molecule has 1 N–H and O–H groups in total. The third kappa shape index (κ3) is 4.85. The minimum atomic E-state index is 0.0180. The molecule has 134 valence electrons. The van der Waals surface area contributed by atoms with Gasteiger partial charge in [0.15, 0.2) is 0 Å². The molecule has 0 saturated carbocycles. The third-order valence-electron chi connectivity index (χ3n) is 4.83. The Labute approximate surface area is 151 Å². The van der Waals surface area contributed by atoms with Crippen molar-refractivity contribution in [1.29, 1.82) is 0 Å². The van der Waals surface area contributed by atoms with Gasteiger partial charge in [-0.1, -0.05) is 24.3 Å². The van der Waals surface area contributed by atoms with Crippen molar-refractivity contribution in [3.8, 4) is 5.75 Å². The Hall–Kier alpha value is -2.29. The highest BCUT2D eigenvalue weighted by molar-refractivity contribution is 5.76. The van der Waals surface area contributed by atoms with Crippen molar-refractivity contribution in [2.24, 2.45) is 0 Å². The average molecular weight is 339 g/mol. The highest BCUT2D eigenvalue weighted by Crippen LogP contribution is 2.22. The van der Waals surface area contributed by atoms with Gasteiger partial charge >= 0.3 is 0 Å². The number of amides is 1. The molecule has 0 aliphatic carbocycles. The SMILES string of the molecule is COc1ccc(CCC(=O)NC(C)c2cc(C)c(C)cc2C)cc1C. The predicted molar refractivity (Wildman–Crippen MR) is 103 cm³/mol. The molecule has 3 nitrogen and oxygen atoms in total. The number of benzene rings is 2. The molecule has 0 aliphatic rings. The molecule has 0 aromatic heterocycles. The van der Waals surface area contributed by atoms with E-state index >= 15 is 0 Å². The summed E-state index contributed by atoms with van der Waals surface area (Å²) in [5.74, 6) is 0.964. The van der Waals surface area contributed by atoms with E-state index in [1.807, 2.05) is 26.0 Å². The summed E-state index contributed by atoms with van der Waals surface area (Å²) in [6.07, 6.45) is 1.22. The number of rotatable bonds is 6. The Morgan fingerprint density at radius 1 is 1.00 bits per heavy atom. The molecule has 0 aliphatic heterocycles. The summed E-state index contributed by atoms with van der Waals surface area (Å²) in [4.78, 5) is 12.3. The molecule has 2 aromatic rings. The minimum Gasteiger partial charge on any atom is -0.496 e. The number of hydrogen-bond donors (Lipinski definition) is 1. The first kappa shape index (κ1) is 19.0. The molecule has 2 rings (SSSR count). The van der Waals surface area contributed by atoms with E-state index in [-0.39, 0.29) is 11.9 Å². The van der Waals surface area contributed by atoms with Crippen LogP contribution in [-0.4, -0.2) is 13.0 Å². The van der Waals surface area contributed by atoms with Crippen LogP contribution in [0.25, 0.3) is 0 Å². The topological polar surface area (TPSA) is 38.3 Å². The monoisotopic (exact) mass is 339 g/mol. The van der Waals surface area contributed by atoms with Gasteiger partial charge in [-0.25, -0.2) is 0 Å². The van der Waals surface area contributed by atoms with Crippen molar-refractivity contribution in [3.63, 3.8) is 0 Å². The number of carbonyl (C=O) groups excluding carboxylic acids is 1. The maximum Gasteiger partial charge on any atom is 0.220 e. The molecule has 0 saturated heterocycles. The van der Waals surface area contributed by atoms with Gasteiger partial charge in [0.25, 0.3) is 0 Å². The van der Waals surface area contributed by atoms with Crippen LogP contribution >= 0.6 is 0 Å². The van der Waals surface area contributed by atoms with Crippen LogP contribution in [0.5, 0.6) is 5.75 Å². The second-order valence-corrected chi connectivity index (χ2v) is 6.89. The van der Waals surface area contributed by atoms with Gasteiger partial charge in [-0.2, -0.15) is 0 Å². The number of hydrogen-bond acceptors (Lipinski definition) is 2. The van der Waals surface area contributed by atoms with E-state index in [0.717, 1.165) is 23.3 Å². The van der Waals surface area contributed by atoms with Gasteiger partial charge in [0.05, 0.1) is 13.2 Å². The zero-order valence-corrected chi connectivity index (χ0v) is 16.2. The highest BCUT2D eigenvalue weighted by atomic mass is 16.5. The average Bonchev–Trinajstić information content (AvgIpc) is 2.56. The number of carbonyl (C=O) groups is 1. The maximum atomic E-state index is 12.3. The molecule has 3 heteroatoms. The van der Waals surface area contributed by atoms with Gasteiger partial charge in [-0.05, 0) is 80.5 Å². The normalized spacial score (nSPS) is 11.9. The fourth-order valence-corrected chi connectivity index (χ4v) is 3.19. The van der Waals surface area contributed by atoms with Gasteiger partial charge in [0, 0.05) is 6.42 Å². The summed E-state index contributed by atoms with van der Waals surface area (Å²) >= 11 is 0. The third-order valence-corrected chi connectivity index (χ3v) is 4.83. The highest BCUT2D eigenvalue weighted by Gasteiger charge is 2.13. The van der Waals surface area contributed by atoms with Gasteiger partial charge < -0.3 is 10.1 Å². The molecule has 0 heterocycles. The first-order valence-corrected chi connectivity index (χ1v) is 8.82. The van der Waals surface area contributed by atoms with Gasteiger partial charge in [0.2, 0.25) is 5.91 Å². The van der Waals surface area contributed by atoms with Crippen molar-refractivity contribution < 1.29 is 9.53 Å². The van der Waals surface area contributed by atoms with Crippen molar-refractivity contribution >= 4 is 5.91 Å². The summed E-state index contributed by atoms with van der Waals surface area (Å²) in [5.41, 5.74) is 7.21. The molecule has 0 radical (unpaired) electrons. The van der Waals surface area contributed by atoms with Crippen LogP contribution in [0, 0.1) is 27.7 Å². The van der Waals surface area contributed by atoms with Crippen LogP contribution in [0.4, 0.5) is 0 Å². The van der Waals surface area contributed by atoms with Crippen molar-refractivity contribution in [2.75, 3.05) is 7.11 Å². The number of methoxy groups -OCH3 is 1. The zero-order chi connectivity index (χ0) is 18.6. The van der Waals surface area contributed by atoms with Gasteiger partial charge in [0.1, 0.15) is 5.75 Å². The van der Waals surface area contributed by atoms with E-state index < -0.39 is 0 Å². The second-order valence-electron chi connectivity index (χ2n) is 6.89. The standard InChI is InChI=1S/C22H29NO2/c1-14-11-16(3)20(13-15(14)2)18(5)23-22(24)10-8-19-7-9-21(25-6)17(4)12-19/h7,9,11-13,18H,8,10H2,1-6H3,(H,23,24). The first-order valence-electron chi connectivity index (χ1n) is 8.82. The molecule has 0 fully saturated rings. The fraction of sp³-hybridized carbons (Fsp3) is 0.409. The lowest BCUT2D eigenvalue weighted by Crippen LogP contribution is -2.27. The smallest absolute Gasteiger partial charge is 0.220 e. The largest absolute Gasteiger partial charge is 0.496 e. The van der Waals surface area contributed by atoms with Crippen molar-refractivity contribution in [1.82, 2.24) is 5.32 Å². The van der Waals surface area contributed by atoms with E-state index in [0.29, 0.717) is 6.42 Å². The molecular weight excluding hydrogens is 310 g/mol. The van der Waals surface area contributed by atoms with Gasteiger partial charge in [-0.15, -0.1) is 0 Å². The lowest BCUT2D eigenvalue weighted by molar-refractivity contribution is -0.121. The van der Waals surface area contributed by atoms with E-state index in [1.165, 1.54) is 22.3 Å². The van der Waals surface area contributed by atoms with Crippen molar-refractivity contribution in [2.45, 2.75) is 53.5 Å². The molecule has 1 unspecified atom stereocenters. The first-order chi connectivity index (χ1) is 11.8. The number of nitrogens with one attached hydrogen (secondary N) is 1. The van der Waals surface area contributed by atoms with E-state index in [1.54, 1.807) is 7.11 Å². The summed E-state index contributed by atoms with van der Waals surface area (Å²) < 4.78 is 5.28. The van der Waals surface area contributed by atoms with Crippen LogP contribution < -0.4 is 10.1 Å².